The minimum absolute atomic E-state index is 0.127. The van der Waals surface area contributed by atoms with Gasteiger partial charge in [0.05, 0.1) is 4.47 Å². The van der Waals surface area contributed by atoms with Crippen LogP contribution in [0.25, 0.3) is 11.3 Å². The van der Waals surface area contributed by atoms with E-state index in [2.05, 4.69) is 26.1 Å². The molecule has 0 aliphatic carbocycles. The Bertz CT molecular complexity index is 508. The third-order valence-corrected chi connectivity index (χ3v) is 2.81. The number of aromatic amines is 1. The van der Waals surface area contributed by atoms with Gasteiger partial charge in [0.15, 0.2) is 6.29 Å². The summed E-state index contributed by atoms with van der Waals surface area (Å²) in [7, 11) is 0. The summed E-state index contributed by atoms with van der Waals surface area (Å²) in [4.78, 5) is 10.6. The molecule has 15 heavy (non-hydrogen) atoms. The Balaban J connectivity index is 2.59. The Morgan fingerprint density at radius 1 is 1.40 bits per heavy atom. The van der Waals surface area contributed by atoms with Crippen molar-refractivity contribution in [3.8, 4) is 17.0 Å². The highest BCUT2D eigenvalue weighted by atomic mass is 79.9. The molecule has 0 unspecified atom stereocenters. The van der Waals surface area contributed by atoms with Gasteiger partial charge in [-0.3, -0.25) is 9.89 Å². The van der Waals surface area contributed by atoms with E-state index in [0.717, 1.165) is 0 Å². The smallest absolute Gasteiger partial charge is 0.169 e. The minimum Gasteiger partial charge on any atom is -0.507 e. The number of para-hydroxylation sites is 1. The number of carbonyl (C=O) groups excluding carboxylic acids is 1. The average molecular weight is 267 g/mol. The van der Waals surface area contributed by atoms with Gasteiger partial charge in [0.2, 0.25) is 0 Å². The summed E-state index contributed by atoms with van der Waals surface area (Å²) in [6, 6.07) is 6.80. The van der Waals surface area contributed by atoms with Gasteiger partial charge in [0, 0.05) is 5.56 Å². The Kier molecular flexibility index (Phi) is 2.55. The van der Waals surface area contributed by atoms with E-state index in [1.807, 2.05) is 0 Å². The van der Waals surface area contributed by atoms with Crippen molar-refractivity contribution < 1.29 is 9.90 Å². The van der Waals surface area contributed by atoms with Crippen molar-refractivity contribution in [3.63, 3.8) is 0 Å². The lowest BCUT2D eigenvalue weighted by molar-refractivity contribution is 0.111. The largest absolute Gasteiger partial charge is 0.507 e. The number of H-pyrrole nitrogens is 1. The molecule has 5 heteroatoms. The first-order valence-corrected chi connectivity index (χ1v) is 5.00. The number of carbonyl (C=O) groups is 1. The molecule has 0 radical (unpaired) electrons. The molecular weight excluding hydrogens is 260 g/mol. The summed E-state index contributed by atoms with van der Waals surface area (Å²) in [5.41, 5.74) is 1.46. The van der Waals surface area contributed by atoms with Crippen LogP contribution in [0.1, 0.15) is 10.5 Å². The molecule has 0 saturated heterocycles. The van der Waals surface area contributed by atoms with Gasteiger partial charge in [-0.2, -0.15) is 5.10 Å². The molecule has 1 aromatic heterocycles. The van der Waals surface area contributed by atoms with Crippen LogP contribution < -0.4 is 0 Å². The van der Waals surface area contributed by atoms with E-state index in [0.29, 0.717) is 27.7 Å². The first kappa shape index (κ1) is 9.92. The van der Waals surface area contributed by atoms with Gasteiger partial charge >= 0.3 is 0 Å². The summed E-state index contributed by atoms with van der Waals surface area (Å²) in [5, 5.41) is 16.1. The molecule has 0 bridgehead atoms. The minimum atomic E-state index is 0.127. The normalized spacial score (nSPS) is 10.2. The lowest BCUT2D eigenvalue weighted by Crippen LogP contribution is -1.80. The van der Waals surface area contributed by atoms with E-state index in [-0.39, 0.29) is 5.75 Å². The summed E-state index contributed by atoms with van der Waals surface area (Å²) >= 11 is 3.25. The van der Waals surface area contributed by atoms with E-state index < -0.39 is 0 Å². The monoisotopic (exact) mass is 266 g/mol. The molecule has 2 rings (SSSR count). The van der Waals surface area contributed by atoms with Crippen molar-refractivity contribution in [2.75, 3.05) is 0 Å². The van der Waals surface area contributed by atoms with Crippen LogP contribution >= 0.6 is 15.9 Å². The lowest BCUT2D eigenvalue weighted by Gasteiger charge is -2.00. The van der Waals surface area contributed by atoms with Crippen molar-refractivity contribution in [2.24, 2.45) is 0 Å². The molecule has 2 N–H and O–H groups in total. The number of aromatic hydroxyl groups is 1. The third-order valence-electron chi connectivity index (χ3n) is 2.01. The van der Waals surface area contributed by atoms with Crippen LogP contribution in [-0.2, 0) is 0 Å². The Labute approximate surface area is 94.1 Å². The zero-order chi connectivity index (χ0) is 10.8. The van der Waals surface area contributed by atoms with Crippen molar-refractivity contribution in [3.05, 3.63) is 34.4 Å². The SMILES string of the molecule is O=Cc1[nH]nc(-c2ccccc2O)c1Br. The highest BCUT2D eigenvalue weighted by Crippen LogP contribution is 2.33. The Hall–Kier alpha value is -1.62. The van der Waals surface area contributed by atoms with Gasteiger partial charge in [-0.05, 0) is 28.1 Å². The first-order valence-electron chi connectivity index (χ1n) is 4.21. The first-order chi connectivity index (χ1) is 7.24. The van der Waals surface area contributed by atoms with Gasteiger partial charge < -0.3 is 5.11 Å². The quantitative estimate of drug-likeness (QED) is 0.821. The van der Waals surface area contributed by atoms with Crippen LogP contribution in [0.15, 0.2) is 28.7 Å². The second-order valence-electron chi connectivity index (χ2n) is 2.93. The van der Waals surface area contributed by atoms with Gasteiger partial charge in [0.25, 0.3) is 0 Å². The van der Waals surface area contributed by atoms with Gasteiger partial charge in [0.1, 0.15) is 17.1 Å². The molecule has 4 nitrogen and oxygen atoms in total. The summed E-state index contributed by atoms with van der Waals surface area (Å²) in [6.07, 6.45) is 0.667. The maximum atomic E-state index is 10.6. The van der Waals surface area contributed by atoms with Gasteiger partial charge in [-0.25, -0.2) is 0 Å². The van der Waals surface area contributed by atoms with E-state index in [9.17, 15) is 9.90 Å². The van der Waals surface area contributed by atoms with Crippen LogP contribution in [0.3, 0.4) is 0 Å². The Morgan fingerprint density at radius 3 is 2.73 bits per heavy atom. The topological polar surface area (TPSA) is 66.0 Å². The average Bonchev–Trinajstić information content (AvgIpc) is 2.60. The molecule has 0 aliphatic heterocycles. The highest BCUT2D eigenvalue weighted by Gasteiger charge is 2.14. The van der Waals surface area contributed by atoms with Crippen LogP contribution in [0.4, 0.5) is 0 Å². The molecule has 0 fully saturated rings. The number of phenols is 1. The van der Waals surface area contributed by atoms with E-state index >= 15 is 0 Å². The number of nitrogens with zero attached hydrogens (tertiary/aromatic N) is 1. The van der Waals surface area contributed by atoms with E-state index in [1.165, 1.54) is 0 Å². The zero-order valence-corrected chi connectivity index (χ0v) is 9.15. The van der Waals surface area contributed by atoms with Crippen LogP contribution in [-0.4, -0.2) is 21.6 Å². The second kappa shape index (κ2) is 3.86. The van der Waals surface area contributed by atoms with Crippen LogP contribution in [0.2, 0.25) is 0 Å². The molecular formula is C10H7BrN2O2. The number of phenolic OH excluding ortho intramolecular Hbond substituents is 1. The van der Waals surface area contributed by atoms with Crippen molar-refractivity contribution in [1.82, 2.24) is 10.2 Å². The molecule has 0 atom stereocenters. The number of benzene rings is 1. The predicted molar refractivity (Wildman–Crippen MR) is 58.8 cm³/mol. The Morgan fingerprint density at radius 2 is 2.13 bits per heavy atom. The van der Waals surface area contributed by atoms with Crippen molar-refractivity contribution >= 4 is 22.2 Å². The predicted octanol–water partition coefficient (Wildman–Crippen LogP) is 2.36. The molecule has 76 valence electrons. The highest BCUT2D eigenvalue weighted by molar-refractivity contribution is 9.10. The molecule has 0 amide bonds. The lowest BCUT2D eigenvalue weighted by atomic mass is 10.1. The summed E-state index contributed by atoms with van der Waals surface area (Å²) in [5.74, 6) is 0.127. The van der Waals surface area contributed by atoms with E-state index in [1.54, 1.807) is 24.3 Å². The number of nitrogens with one attached hydrogen (secondary N) is 1. The van der Waals surface area contributed by atoms with Gasteiger partial charge in [-0.15, -0.1) is 0 Å². The molecule has 0 aliphatic rings. The van der Waals surface area contributed by atoms with Crippen LogP contribution in [0, 0.1) is 0 Å². The third kappa shape index (κ3) is 1.66. The summed E-state index contributed by atoms with van der Waals surface area (Å²) < 4.78 is 0.555. The molecule has 1 aromatic carbocycles. The maximum absolute atomic E-state index is 10.6. The van der Waals surface area contributed by atoms with Crippen molar-refractivity contribution in [1.29, 1.82) is 0 Å². The number of hydrogen-bond donors (Lipinski definition) is 2. The molecule has 2 aromatic rings. The summed E-state index contributed by atoms with van der Waals surface area (Å²) in [6.45, 7) is 0. The maximum Gasteiger partial charge on any atom is 0.169 e. The van der Waals surface area contributed by atoms with Crippen molar-refractivity contribution in [2.45, 2.75) is 0 Å². The number of hydrogen-bond acceptors (Lipinski definition) is 3. The molecule has 0 saturated carbocycles. The fourth-order valence-corrected chi connectivity index (χ4v) is 1.76. The van der Waals surface area contributed by atoms with Gasteiger partial charge in [-0.1, -0.05) is 12.1 Å². The second-order valence-corrected chi connectivity index (χ2v) is 3.73. The number of aromatic nitrogens is 2. The number of rotatable bonds is 2. The molecule has 1 heterocycles. The standard InChI is InChI=1S/C10H7BrN2O2/c11-9-7(5-14)12-13-10(9)6-3-1-2-4-8(6)15/h1-5,15H,(H,12,13). The molecule has 0 spiro atoms. The fourth-order valence-electron chi connectivity index (χ4n) is 1.27. The number of aldehydes is 1. The zero-order valence-electron chi connectivity index (χ0n) is 7.57. The fraction of sp³-hybridized carbons (Fsp3) is 0. The van der Waals surface area contributed by atoms with E-state index in [4.69, 9.17) is 0 Å². The number of halogens is 1. The van der Waals surface area contributed by atoms with Crippen LogP contribution in [0.5, 0.6) is 5.75 Å².